The third-order valence-electron chi connectivity index (χ3n) is 7.39. The number of sulfonamides is 1. The molecule has 1 aromatic carbocycles. The molecule has 1 aliphatic carbocycles. The van der Waals surface area contributed by atoms with Crippen molar-refractivity contribution >= 4 is 16.1 Å². The molecule has 1 N–H and O–H groups in total. The normalized spacial score (nSPS) is 24.8. The monoisotopic (exact) mass is 549 g/mol. The zero-order chi connectivity index (χ0) is 27.0. The second kappa shape index (κ2) is 10.7. The predicted octanol–water partition coefficient (Wildman–Crippen LogP) is 2.40. The molecule has 13 heteroatoms. The lowest BCUT2D eigenvalue weighted by molar-refractivity contribution is -0.137. The molecular weight excluding hydrogens is 515 g/mol. The summed E-state index contributed by atoms with van der Waals surface area (Å²) in [6.45, 7) is 5.73. The Kier molecular flexibility index (Phi) is 8.11. The zero-order valence-electron chi connectivity index (χ0n) is 21.0. The number of aliphatic hydroxyl groups is 1. The number of alkyl halides is 3. The van der Waals surface area contributed by atoms with Crippen molar-refractivity contribution in [1.29, 1.82) is 0 Å². The maximum Gasteiger partial charge on any atom is 0.416 e. The van der Waals surface area contributed by atoms with Gasteiger partial charge in [0.15, 0.2) is 0 Å². The lowest BCUT2D eigenvalue weighted by Crippen LogP contribution is -2.58. The highest BCUT2D eigenvalue weighted by molar-refractivity contribution is 7.89. The van der Waals surface area contributed by atoms with E-state index in [1.165, 1.54) is 4.31 Å². The first-order chi connectivity index (χ1) is 17.3. The van der Waals surface area contributed by atoms with Gasteiger partial charge in [0, 0.05) is 31.7 Å². The molecule has 9 nitrogen and oxygen atoms in total. The number of carbonyl (C=O) groups excluding carboxylic acids is 1. The van der Waals surface area contributed by atoms with E-state index in [0.29, 0.717) is 26.2 Å². The number of aliphatic hydroxyl groups excluding tert-OH is 1. The van der Waals surface area contributed by atoms with Gasteiger partial charge in [0.1, 0.15) is 6.61 Å². The number of ether oxygens (including phenoxy) is 2. The van der Waals surface area contributed by atoms with E-state index in [-0.39, 0.29) is 37.2 Å². The highest BCUT2D eigenvalue weighted by Crippen LogP contribution is 2.40. The first kappa shape index (κ1) is 28.1. The van der Waals surface area contributed by atoms with E-state index in [2.05, 4.69) is 4.90 Å². The number of halogens is 3. The quantitative estimate of drug-likeness (QED) is 0.558. The Hall–Kier alpha value is -1.93. The molecule has 2 atom stereocenters. The Morgan fingerprint density at radius 2 is 1.70 bits per heavy atom. The molecular formula is C24H34F3N3O6S. The van der Waals surface area contributed by atoms with E-state index in [4.69, 9.17) is 9.47 Å². The molecule has 0 bridgehead atoms. The summed E-state index contributed by atoms with van der Waals surface area (Å²) in [6.07, 6.45) is -3.49. The molecule has 4 rings (SSSR count). The number of carbonyl (C=O) groups is 1. The lowest BCUT2D eigenvalue weighted by Gasteiger charge is -2.43. The van der Waals surface area contributed by atoms with Gasteiger partial charge in [0.05, 0.1) is 42.4 Å². The average molecular weight is 550 g/mol. The average Bonchev–Trinajstić information content (AvgIpc) is 3.72. The number of nitrogens with zero attached hydrogens (tertiary/aromatic N) is 3. The maximum absolute atomic E-state index is 13.6. The van der Waals surface area contributed by atoms with Crippen molar-refractivity contribution in [3.63, 3.8) is 0 Å². The van der Waals surface area contributed by atoms with E-state index < -0.39 is 45.5 Å². The van der Waals surface area contributed by atoms with Crippen LogP contribution in [0.1, 0.15) is 32.3 Å². The number of hydrogen-bond donors (Lipinski definition) is 1. The van der Waals surface area contributed by atoms with Crippen LogP contribution in [0.3, 0.4) is 0 Å². The standard InChI is InChI=1S/C24H34F3N3O6S/c1-23(2,16-31)29-11-9-28(10-12-29)22(32)36-14-19-13-35-15-21(17-3-4-17)30(19)37(33,34)20-7-5-18(6-8-20)24(25,26)27/h5-8,17,19,21,31H,3-4,9-16H2,1-2H3/t19-,21+/m1/s1. The molecule has 2 heterocycles. The number of amides is 1. The van der Waals surface area contributed by atoms with Crippen LogP contribution in [-0.4, -0.2) is 104 Å². The summed E-state index contributed by atoms with van der Waals surface area (Å²) in [5.74, 6) is 0.0886. The Bertz CT molecular complexity index is 1050. The highest BCUT2D eigenvalue weighted by Gasteiger charge is 2.47. The van der Waals surface area contributed by atoms with Gasteiger partial charge < -0.3 is 19.5 Å². The molecule has 0 radical (unpaired) electrons. The molecule has 2 aliphatic heterocycles. The zero-order valence-corrected chi connectivity index (χ0v) is 21.8. The van der Waals surface area contributed by atoms with Crippen molar-refractivity contribution < 1.29 is 41.0 Å². The SMILES string of the molecule is CC(C)(CO)N1CCN(C(=O)OC[C@H]2COC[C@@H](C3CC3)N2S(=O)(=O)c2ccc(C(F)(F)F)cc2)CC1. The molecule has 1 aromatic rings. The Labute approximate surface area is 215 Å². The molecule has 0 aromatic heterocycles. The summed E-state index contributed by atoms with van der Waals surface area (Å²) in [5, 5.41) is 9.57. The van der Waals surface area contributed by atoms with E-state index in [1.54, 1.807) is 4.90 Å². The number of morpholine rings is 1. The molecule has 1 saturated carbocycles. The van der Waals surface area contributed by atoms with Crippen molar-refractivity contribution in [2.24, 2.45) is 5.92 Å². The molecule has 37 heavy (non-hydrogen) atoms. The lowest BCUT2D eigenvalue weighted by atomic mass is 10.0. The first-order valence-corrected chi connectivity index (χ1v) is 13.8. The van der Waals surface area contributed by atoms with Gasteiger partial charge in [0.2, 0.25) is 10.0 Å². The van der Waals surface area contributed by atoms with Crippen molar-refractivity contribution in [3.05, 3.63) is 29.8 Å². The second-order valence-corrected chi connectivity index (χ2v) is 12.3. The van der Waals surface area contributed by atoms with Crippen molar-refractivity contribution in [2.75, 3.05) is 52.6 Å². The fourth-order valence-electron chi connectivity index (χ4n) is 4.85. The summed E-state index contributed by atoms with van der Waals surface area (Å²) >= 11 is 0. The van der Waals surface area contributed by atoms with Crippen LogP contribution in [0.2, 0.25) is 0 Å². The van der Waals surface area contributed by atoms with E-state index in [9.17, 15) is 31.5 Å². The Morgan fingerprint density at radius 1 is 1.08 bits per heavy atom. The minimum absolute atomic E-state index is 0.00876. The van der Waals surface area contributed by atoms with E-state index >= 15 is 0 Å². The van der Waals surface area contributed by atoms with Crippen LogP contribution in [0.25, 0.3) is 0 Å². The van der Waals surface area contributed by atoms with Gasteiger partial charge in [-0.05, 0) is 56.9 Å². The van der Waals surface area contributed by atoms with Crippen LogP contribution in [0.4, 0.5) is 18.0 Å². The van der Waals surface area contributed by atoms with Crippen LogP contribution in [0.5, 0.6) is 0 Å². The third kappa shape index (κ3) is 6.22. The van der Waals surface area contributed by atoms with Crippen LogP contribution in [-0.2, 0) is 25.7 Å². The van der Waals surface area contributed by atoms with Crippen LogP contribution >= 0.6 is 0 Å². The molecule has 3 aliphatic rings. The van der Waals surface area contributed by atoms with Crippen molar-refractivity contribution in [3.8, 4) is 0 Å². The van der Waals surface area contributed by atoms with Gasteiger partial charge >= 0.3 is 12.3 Å². The van der Waals surface area contributed by atoms with Gasteiger partial charge in [-0.15, -0.1) is 0 Å². The fourth-order valence-corrected chi connectivity index (χ4v) is 6.68. The topological polar surface area (TPSA) is 99.6 Å². The smallest absolute Gasteiger partial charge is 0.416 e. The summed E-state index contributed by atoms with van der Waals surface area (Å²) < 4.78 is 78.7. The predicted molar refractivity (Wildman–Crippen MR) is 127 cm³/mol. The molecule has 1 amide bonds. The van der Waals surface area contributed by atoms with Crippen LogP contribution in [0, 0.1) is 5.92 Å². The van der Waals surface area contributed by atoms with Gasteiger partial charge in [-0.2, -0.15) is 17.5 Å². The van der Waals surface area contributed by atoms with Crippen molar-refractivity contribution in [1.82, 2.24) is 14.1 Å². The summed E-state index contributed by atoms with van der Waals surface area (Å²) in [4.78, 5) is 16.2. The molecule has 0 unspecified atom stereocenters. The van der Waals surface area contributed by atoms with Crippen LogP contribution in [0.15, 0.2) is 29.2 Å². The number of benzene rings is 1. The highest BCUT2D eigenvalue weighted by atomic mass is 32.2. The fraction of sp³-hybridized carbons (Fsp3) is 0.708. The molecule has 208 valence electrons. The Morgan fingerprint density at radius 3 is 2.24 bits per heavy atom. The number of rotatable bonds is 7. The number of piperazine rings is 1. The largest absolute Gasteiger partial charge is 0.448 e. The summed E-state index contributed by atoms with van der Waals surface area (Å²) in [7, 11) is -4.18. The molecule has 0 spiro atoms. The minimum Gasteiger partial charge on any atom is -0.448 e. The van der Waals surface area contributed by atoms with Crippen LogP contribution < -0.4 is 0 Å². The second-order valence-electron chi connectivity index (χ2n) is 10.5. The van der Waals surface area contributed by atoms with Gasteiger partial charge in [-0.25, -0.2) is 13.2 Å². The maximum atomic E-state index is 13.6. The summed E-state index contributed by atoms with van der Waals surface area (Å²) in [6, 6.07) is 2.17. The Balaban J connectivity index is 1.45. The van der Waals surface area contributed by atoms with Gasteiger partial charge in [-0.1, -0.05) is 0 Å². The first-order valence-electron chi connectivity index (χ1n) is 12.4. The van der Waals surface area contributed by atoms with Gasteiger partial charge in [-0.3, -0.25) is 4.90 Å². The third-order valence-corrected chi connectivity index (χ3v) is 9.38. The number of hydrogen-bond acceptors (Lipinski definition) is 7. The van der Waals surface area contributed by atoms with Crippen molar-refractivity contribution in [2.45, 2.75) is 55.4 Å². The van der Waals surface area contributed by atoms with Gasteiger partial charge in [0.25, 0.3) is 0 Å². The van der Waals surface area contributed by atoms with E-state index in [0.717, 1.165) is 37.1 Å². The molecule has 2 saturated heterocycles. The van der Waals surface area contributed by atoms with E-state index in [1.807, 2.05) is 13.8 Å². The molecule has 3 fully saturated rings. The summed E-state index contributed by atoms with van der Waals surface area (Å²) in [5.41, 5.74) is -1.33. The minimum atomic E-state index is -4.58.